The normalized spacial score (nSPS) is 15.5. The van der Waals surface area contributed by atoms with E-state index in [1.54, 1.807) is 6.07 Å². The molecule has 5 rings (SSSR count). The Morgan fingerprint density at radius 3 is 2.16 bits per heavy atom. The van der Waals surface area contributed by atoms with Crippen molar-refractivity contribution in [1.29, 1.82) is 0 Å². The lowest BCUT2D eigenvalue weighted by atomic mass is 9.94. The standard InChI is InChI=1S/C27H19F6N3O/c28-26(29,30)17-6-4-15(5-7-17)21-11-18(27(31,32)33)8-9-20(21)24-13-25(35-14-34-24)36-23-3-1-2-16-10-19(37)12-22(16)23/h1-9,11,13-14,19,37H,10,12H2,(H,34,35,36). The van der Waals surface area contributed by atoms with E-state index in [0.29, 0.717) is 24.2 Å². The highest BCUT2D eigenvalue weighted by Gasteiger charge is 2.32. The zero-order valence-corrected chi connectivity index (χ0v) is 19.0. The van der Waals surface area contributed by atoms with Gasteiger partial charge in [-0.3, -0.25) is 0 Å². The first kappa shape index (κ1) is 24.8. The lowest BCUT2D eigenvalue weighted by Crippen LogP contribution is -2.06. The maximum Gasteiger partial charge on any atom is 0.416 e. The number of hydrogen-bond acceptors (Lipinski definition) is 4. The molecule has 0 bridgehead atoms. The maximum absolute atomic E-state index is 13.5. The molecule has 10 heteroatoms. The largest absolute Gasteiger partial charge is 0.416 e. The Hall–Kier alpha value is -3.92. The van der Waals surface area contributed by atoms with Gasteiger partial charge in [-0.15, -0.1) is 0 Å². The van der Waals surface area contributed by atoms with E-state index in [2.05, 4.69) is 15.3 Å². The van der Waals surface area contributed by atoms with Gasteiger partial charge in [0.1, 0.15) is 12.1 Å². The van der Waals surface area contributed by atoms with Gasteiger partial charge in [0.25, 0.3) is 0 Å². The highest BCUT2D eigenvalue weighted by atomic mass is 19.4. The molecule has 1 heterocycles. The van der Waals surface area contributed by atoms with Crippen molar-refractivity contribution < 1.29 is 31.4 Å². The number of fused-ring (bicyclic) bond motifs is 1. The summed E-state index contributed by atoms with van der Waals surface area (Å²) in [6.45, 7) is 0. The molecular weight excluding hydrogens is 496 g/mol. The van der Waals surface area contributed by atoms with Gasteiger partial charge in [-0.05, 0) is 59.0 Å². The topological polar surface area (TPSA) is 58.0 Å². The van der Waals surface area contributed by atoms with Crippen LogP contribution in [0.4, 0.5) is 37.8 Å². The van der Waals surface area contributed by atoms with Crippen LogP contribution < -0.4 is 5.32 Å². The fourth-order valence-electron chi connectivity index (χ4n) is 4.48. The third-order valence-electron chi connectivity index (χ3n) is 6.24. The van der Waals surface area contributed by atoms with Crippen LogP contribution in [0.2, 0.25) is 0 Å². The van der Waals surface area contributed by atoms with Crippen LogP contribution in [0.1, 0.15) is 22.3 Å². The van der Waals surface area contributed by atoms with E-state index < -0.39 is 29.6 Å². The number of alkyl halides is 6. The molecule has 1 atom stereocenters. The smallest absolute Gasteiger partial charge is 0.392 e. The number of aromatic nitrogens is 2. The molecule has 4 nitrogen and oxygen atoms in total. The molecule has 0 radical (unpaired) electrons. The van der Waals surface area contributed by atoms with E-state index in [1.165, 1.54) is 12.4 Å². The Morgan fingerprint density at radius 1 is 0.757 bits per heavy atom. The molecule has 3 aromatic carbocycles. The summed E-state index contributed by atoms with van der Waals surface area (Å²) in [7, 11) is 0. The molecule has 2 N–H and O–H groups in total. The Bertz CT molecular complexity index is 1450. The number of aliphatic hydroxyl groups is 1. The SMILES string of the molecule is OC1Cc2cccc(Nc3cc(-c4ccc(C(F)(F)F)cc4-c4ccc(C(F)(F)F)cc4)ncn3)c2C1. The second-order valence-corrected chi connectivity index (χ2v) is 8.75. The van der Waals surface area contributed by atoms with Crippen LogP contribution in [-0.2, 0) is 25.2 Å². The number of aliphatic hydroxyl groups excluding tert-OH is 1. The second-order valence-electron chi connectivity index (χ2n) is 8.75. The minimum absolute atomic E-state index is 0.0805. The number of nitrogens with one attached hydrogen (secondary N) is 1. The number of nitrogens with zero attached hydrogens (tertiary/aromatic N) is 2. The molecule has 0 amide bonds. The molecule has 4 aromatic rings. The number of anilines is 2. The molecule has 1 aromatic heterocycles. The molecule has 0 fully saturated rings. The van der Waals surface area contributed by atoms with Gasteiger partial charge in [-0.2, -0.15) is 26.3 Å². The summed E-state index contributed by atoms with van der Waals surface area (Å²) in [5, 5.41) is 13.2. The Labute approximate surface area is 207 Å². The molecule has 1 unspecified atom stereocenters. The molecule has 190 valence electrons. The molecule has 1 aliphatic rings. The first-order chi connectivity index (χ1) is 17.5. The van der Waals surface area contributed by atoms with Crippen molar-refractivity contribution in [3.05, 3.63) is 95.3 Å². The summed E-state index contributed by atoms with van der Waals surface area (Å²) >= 11 is 0. The monoisotopic (exact) mass is 515 g/mol. The summed E-state index contributed by atoms with van der Waals surface area (Å²) in [5.74, 6) is 0.373. The zero-order chi connectivity index (χ0) is 26.4. The molecular formula is C27H19F6N3O. The van der Waals surface area contributed by atoms with Crippen molar-refractivity contribution in [2.75, 3.05) is 5.32 Å². The van der Waals surface area contributed by atoms with Crippen molar-refractivity contribution in [3.63, 3.8) is 0 Å². The Balaban J connectivity index is 1.55. The molecule has 37 heavy (non-hydrogen) atoms. The summed E-state index contributed by atoms with van der Waals surface area (Å²) in [5.41, 5.74) is 1.72. The lowest BCUT2D eigenvalue weighted by Gasteiger charge is -2.16. The van der Waals surface area contributed by atoms with Gasteiger partial charge in [-0.1, -0.05) is 30.3 Å². The summed E-state index contributed by atoms with van der Waals surface area (Å²) in [6, 6.07) is 14.2. The van der Waals surface area contributed by atoms with Crippen LogP contribution in [0.3, 0.4) is 0 Å². The van der Waals surface area contributed by atoms with E-state index >= 15 is 0 Å². The van der Waals surface area contributed by atoms with Gasteiger partial charge >= 0.3 is 12.4 Å². The van der Waals surface area contributed by atoms with E-state index in [0.717, 1.165) is 53.2 Å². The van der Waals surface area contributed by atoms with E-state index in [4.69, 9.17) is 0 Å². The Kier molecular flexibility index (Phi) is 6.15. The van der Waals surface area contributed by atoms with Gasteiger partial charge < -0.3 is 10.4 Å². The van der Waals surface area contributed by atoms with Gasteiger partial charge in [0.15, 0.2) is 0 Å². The highest BCUT2D eigenvalue weighted by Crippen LogP contribution is 2.39. The van der Waals surface area contributed by atoms with E-state index in [9.17, 15) is 31.4 Å². The lowest BCUT2D eigenvalue weighted by molar-refractivity contribution is -0.138. The molecule has 0 saturated carbocycles. The van der Waals surface area contributed by atoms with Crippen LogP contribution in [0, 0.1) is 0 Å². The van der Waals surface area contributed by atoms with Gasteiger partial charge in [0.05, 0.1) is 22.9 Å². The van der Waals surface area contributed by atoms with Crippen molar-refractivity contribution in [2.24, 2.45) is 0 Å². The quantitative estimate of drug-likeness (QED) is 0.286. The minimum atomic E-state index is -4.64. The third-order valence-corrected chi connectivity index (χ3v) is 6.24. The van der Waals surface area contributed by atoms with E-state index in [-0.39, 0.29) is 16.8 Å². The van der Waals surface area contributed by atoms with Crippen LogP contribution in [0.15, 0.2) is 73.1 Å². The highest BCUT2D eigenvalue weighted by molar-refractivity contribution is 5.83. The summed E-state index contributed by atoms with van der Waals surface area (Å²) < 4.78 is 79.5. The zero-order valence-electron chi connectivity index (χ0n) is 19.0. The first-order valence-electron chi connectivity index (χ1n) is 11.3. The molecule has 0 saturated heterocycles. The first-order valence-corrected chi connectivity index (χ1v) is 11.3. The van der Waals surface area contributed by atoms with Crippen LogP contribution in [-0.4, -0.2) is 21.2 Å². The predicted molar refractivity (Wildman–Crippen MR) is 126 cm³/mol. The predicted octanol–water partition coefficient (Wildman–Crippen LogP) is 7.05. The van der Waals surface area contributed by atoms with Gasteiger partial charge in [-0.25, -0.2) is 9.97 Å². The van der Waals surface area contributed by atoms with Crippen LogP contribution in [0.25, 0.3) is 22.4 Å². The van der Waals surface area contributed by atoms with Crippen molar-refractivity contribution in [3.8, 4) is 22.4 Å². The van der Waals surface area contributed by atoms with Crippen molar-refractivity contribution >= 4 is 11.5 Å². The molecule has 0 aliphatic heterocycles. The average molecular weight is 515 g/mol. The van der Waals surface area contributed by atoms with Gasteiger partial charge in [0.2, 0.25) is 0 Å². The van der Waals surface area contributed by atoms with Crippen LogP contribution in [0.5, 0.6) is 0 Å². The summed E-state index contributed by atoms with van der Waals surface area (Å²) in [4.78, 5) is 8.43. The number of halogens is 6. The summed E-state index contributed by atoms with van der Waals surface area (Å²) in [6.07, 6.45) is -7.41. The minimum Gasteiger partial charge on any atom is -0.392 e. The van der Waals surface area contributed by atoms with E-state index in [1.807, 2.05) is 18.2 Å². The fourth-order valence-corrected chi connectivity index (χ4v) is 4.48. The molecule has 0 spiro atoms. The maximum atomic E-state index is 13.5. The molecule has 1 aliphatic carbocycles. The van der Waals surface area contributed by atoms with Crippen molar-refractivity contribution in [1.82, 2.24) is 9.97 Å². The average Bonchev–Trinajstić information content (AvgIpc) is 3.24. The Morgan fingerprint density at radius 2 is 1.46 bits per heavy atom. The number of benzene rings is 3. The number of rotatable bonds is 4. The second kappa shape index (κ2) is 9.19. The number of hydrogen-bond donors (Lipinski definition) is 2. The van der Waals surface area contributed by atoms with Crippen molar-refractivity contribution in [2.45, 2.75) is 31.3 Å². The van der Waals surface area contributed by atoms with Gasteiger partial charge in [0, 0.05) is 23.7 Å². The third kappa shape index (κ3) is 5.15. The van der Waals surface area contributed by atoms with Crippen LogP contribution >= 0.6 is 0 Å². The fraction of sp³-hybridized carbons (Fsp3) is 0.185.